The predicted molar refractivity (Wildman–Crippen MR) is 111 cm³/mol. The molecule has 0 atom stereocenters. The molecule has 6 heteroatoms. The summed E-state index contributed by atoms with van der Waals surface area (Å²) in [5.41, 5.74) is 6.55. The van der Waals surface area contributed by atoms with Crippen molar-refractivity contribution in [3.05, 3.63) is 70.5 Å². The molecule has 0 spiro atoms. The molecule has 0 saturated heterocycles. The molecule has 3 aromatic rings. The Bertz CT molecular complexity index is 1130. The van der Waals surface area contributed by atoms with Gasteiger partial charge in [-0.25, -0.2) is 4.79 Å². The third kappa shape index (κ3) is 3.49. The highest BCUT2D eigenvalue weighted by atomic mass is 16.7. The molecule has 2 heterocycles. The maximum absolute atomic E-state index is 11.8. The summed E-state index contributed by atoms with van der Waals surface area (Å²) >= 11 is 0. The summed E-state index contributed by atoms with van der Waals surface area (Å²) in [6.07, 6.45) is 1.86. The van der Waals surface area contributed by atoms with Gasteiger partial charge in [0.1, 0.15) is 0 Å². The summed E-state index contributed by atoms with van der Waals surface area (Å²) in [7, 11) is 1.39. The minimum Gasteiger partial charge on any atom is -0.465 e. The van der Waals surface area contributed by atoms with Crippen LogP contribution in [0.3, 0.4) is 0 Å². The van der Waals surface area contributed by atoms with Crippen LogP contribution < -0.4 is 9.47 Å². The molecule has 0 saturated carbocycles. The van der Waals surface area contributed by atoms with E-state index in [2.05, 4.69) is 29.5 Å². The number of benzene rings is 2. The molecule has 1 aromatic heterocycles. The smallest absolute Gasteiger partial charge is 0.337 e. The van der Waals surface area contributed by atoms with Crippen molar-refractivity contribution >= 4 is 17.9 Å². The molecular weight excluding hydrogens is 368 g/mol. The van der Waals surface area contributed by atoms with Gasteiger partial charge in [0.25, 0.3) is 0 Å². The van der Waals surface area contributed by atoms with Gasteiger partial charge in [-0.1, -0.05) is 0 Å². The highest BCUT2D eigenvalue weighted by molar-refractivity contribution is 5.90. The molecule has 2 aromatic carbocycles. The lowest BCUT2D eigenvalue weighted by Crippen LogP contribution is -2.06. The summed E-state index contributed by atoms with van der Waals surface area (Å²) in [4.78, 5) is 16.4. The Balaban J connectivity index is 1.66. The highest BCUT2D eigenvalue weighted by Crippen LogP contribution is 2.35. The van der Waals surface area contributed by atoms with E-state index in [1.165, 1.54) is 7.11 Å². The zero-order valence-corrected chi connectivity index (χ0v) is 16.9. The topological polar surface area (TPSA) is 62.1 Å². The van der Waals surface area contributed by atoms with Crippen LogP contribution in [-0.2, 0) is 4.74 Å². The Morgan fingerprint density at radius 3 is 2.62 bits per heavy atom. The van der Waals surface area contributed by atoms with Crippen molar-refractivity contribution < 1.29 is 19.0 Å². The van der Waals surface area contributed by atoms with Crippen molar-refractivity contribution in [3.8, 4) is 17.2 Å². The van der Waals surface area contributed by atoms with Crippen LogP contribution in [-0.4, -0.2) is 30.7 Å². The van der Waals surface area contributed by atoms with Crippen molar-refractivity contribution in [2.75, 3.05) is 13.9 Å². The van der Waals surface area contributed by atoms with Crippen LogP contribution in [0.1, 0.15) is 32.9 Å². The largest absolute Gasteiger partial charge is 0.465 e. The fourth-order valence-electron chi connectivity index (χ4n) is 3.55. The van der Waals surface area contributed by atoms with Gasteiger partial charge >= 0.3 is 5.97 Å². The zero-order valence-electron chi connectivity index (χ0n) is 16.9. The van der Waals surface area contributed by atoms with E-state index in [4.69, 9.17) is 14.2 Å². The van der Waals surface area contributed by atoms with Gasteiger partial charge in [-0.05, 0) is 62.7 Å². The number of aromatic nitrogens is 1. The van der Waals surface area contributed by atoms with Crippen LogP contribution in [0.2, 0.25) is 0 Å². The Morgan fingerprint density at radius 1 is 1.07 bits per heavy atom. The maximum atomic E-state index is 11.8. The fraction of sp³-hybridized carbons (Fsp3) is 0.217. The molecule has 1 aliphatic rings. The molecule has 0 fully saturated rings. The molecule has 0 N–H and O–H groups in total. The lowest BCUT2D eigenvalue weighted by Gasteiger charge is -2.13. The molecule has 0 radical (unpaired) electrons. The molecule has 1 aliphatic heterocycles. The van der Waals surface area contributed by atoms with Gasteiger partial charge in [0.15, 0.2) is 11.5 Å². The van der Waals surface area contributed by atoms with Crippen molar-refractivity contribution in [2.45, 2.75) is 20.8 Å². The number of hydrogen-bond acceptors (Lipinski definition) is 5. The Kier molecular flexibility index (Phi) is 4.84. The van der Waals surface area contributed by atoms with Crippen molar-refractivity contribution in [1.82, 2.24) is 4.57 Å². The molecule has 29 heavy (non-hydrogen) atoms. The van der Waals surface area contributed by atoms with Gasteiger partial charge in [0, 0.05) is 34.9 Å². The summed E-state index contributed by atoms with van der Waals surface area (Å²) in [6.45, 7) is 6.35. The molecular formula is C23H22N2O4. The summed E-state index contributed by atoms with van der Waals surface area (Å²) in [6, 6.07) is 13.3. The van der Waals surface area contributed by atoms with Gasteiger partial charge in [0.05, 0.1) is 18.4 Å². The number of aliphatic imine (C=N–C) groups is 1. The molecule has 6 nitrogen and oxygen atoms in total. The van der Waals surface area contributed by atoms with Crippen molar-refractivity contribution in [3.63, 3.8) is 0 Å². The first kappa shape index (κ1) is 18.8. The molecule has 148 valence electrons. The summed E-state index contributed by atoms with van der Waals surface area (Å²) in [5, 5.41) is 0. The standard InChI is InChI=1S/C23H22N2O4/c1-14-9-17(23(26)27-4)5-7-20(14)25-15(2)10-18(16(25)3)12-24-19-6-8-21-22(11-19)29-13-28-21/h5-12H,13H2,1-4H3. The fourth-order valence-corrected chi connectivity index (χ4v) is 3.55. The van der Waals surface area contributed by atoms with Crippen molar-refractivity contribution in [1.29, 1.82) is 0 Å². The first-order valence-electron chi connectivity index (χ1n) is 9.30. The number of carbonyl (C=O) groups is 1. The van der Waals surface area contributed by atoms with Crippen LogP contribution in [0.5, 0.6) is 11.5 Å². The second kappa shape index (κ2) is 7.47. The van der Waals surface area contributed by atoms with Crippen LogP contribution in [0.25, 0.3) is 5.69 Å². The SMILES string of the molecule is COC(=O)c1ccc(-n2c(C)cc(C=Nc3ccc4c(c3)OCO4)c2C)c(C)c1. The molecule has 0 amide bonds. The average molecular weight is 390 g/mol. The summed E-state index contributed by atoms with van der Waals surface area (Å²) < 4.78 is 17.7. The van der Waals surface area contributed by atoms with E-state index in [0.29, 0.717) is 11.3 Å². The normalized spacial score (nSPS) is 12.6. The summed E-state index contributed by atoms with van der Waals surface area (Å²) in [5.74, 6) is 1.12. The molecule has 0 bridgehead atoms. The van der Waals surface area contributed by atoms with Crippen LogP contribution in [0, 0.1) is 20.8 Å². The second-order valence-corrected chi connectivity index (χ2v) is 6.95. The quantitative estimate of drug-likeness (QED) is 0.480. The first-order chi connectivity index (χ1) is 14.0. The number of esters is 1. The van der Waals surface area contributed by atoms with E-state index in [1.807, 2.05) is 43.5 Å². The lowest BCUT2D eigenvalue weighted by molar-refractivity contribution is 0.0600. The van der Waals surface area contributed by atoms with E-state index in [-0.39, 0.29) is 12.8 Å². The first-order valence-corrected chi connectivity index (χ1v) is 9.30. The number of carbonyl (C=O) groups excluding carboxylic acids is 1. The Hall–Kier alpha value is -3.54. The number of nitrogens with zero attached hydrogens (tertiary/aromatic N) is 2. The lowest BCUT2D eigenvalue weighted by atomic mass is 10.1. The van der Waals surface area contributed by atoms with E-state index >= 15 is 0 Å². The molecule has 4 rings (SSSR count). The van der Waals surface area contributed by atoms with Gasteiger partial charge in [-0.2, -0.15) is 0 Å². The van der Waals surface area contributed by atoms with Gasteiger partial charge in [-0.3, -0.25) is 4.99 Å². The predicted octanol–water partition coefficient (Wildman–Crippen LogP) is 4.67. The third-order valence-corrected chi connectivity index (χ3v) is 5.04. The zero-order chi connectivity index (χ0) is 20.5. The monoisotopic (exact) mass is 390 g/mol. The Labute approximate surface area is 169 Å². The van der Waals surface area contributed by atoms with E-state index in [0.717, 1.165) is 39.6 Å². The van der Waals surface area contributed by atoms with Gasteiger partial charge < -0.3 is 18.8 Å². The number of rotatable bonds is 4. The van der Waals surface area contributed by atoms with Crippen LogP contribution in [0.15, 0.2) is 47.5 Å². The van der Waals surface area contributed by atoms with E-state index < -0.39 is 0 Å². The molecule has 0 aliphatic carbocycles. The van der Waals surface area contributed by atoms with Crippen molar-refractivity contribution in [2.24, 2.45) is 4.99 Å². The van der Waals surface area contributed by atoms with Gasteiger partial charge in [0.2, 0.25) is 6.79 Å². The molecule has 0 unspecified atom stereocenters. The highest BCUT2D eigenvalue weighted by Gasteiger charge is 2.15. The minimum absolute atomic E-state index is 0.248. The van der Waals surface area contributed by atoms with Crippen LogP contribution in [0.4, 0.5) is 5.69 Å². The number of ether oxygens (including phenoxy) is 3. The third-order valence-electron chi connectivity index (χ3n) is 5.04. The number of fused-ring (bicyclic) bond motifs is 1. The number of hydrogen-bond donors (Lipinski definition) is 0. The van der Waals surface area contributed by atoms with Gasteiger partial charge in [-0.15, -0.1) is 0 Å². The second-order valence-electron chi connectivity index (χ2n) is 6.95. The van der Waals surface area contributed by atoms with E-state index in [9.17, 15) is 4.79 Å². The van der Waals surface area contributed by atoms with E-state index in [1.54, 1.807) is 6.07 Å². The number of methoxy groups -OCH3 is 1. The Morgan fingerprint density at radius 2 is 1.86 bits per heavy atom. The average Bonchev–Trinajstić information content (AvgIpc) is 3.29. The number of aryl methyl sites for hydroxylation is 2. The minimum atomic E-state index is -0.336. The maximum Gasteiger partial charge on any atom is 0.337 e. The van der Waals surface area contributed by atoms with Crippen LogP contribution >= 0.6 is 0 Å².